The molecule has 0 saturated carbocycles. The first-order chi connectivity index (χ1) is 10.2. The van der Waals surface area contributed by atoms with Crippen molar-refractivity contribution >= 4 is 11.6 Å². The van der Waals surface area contributed by atoms with Gasteiger partial charge in [-0.1, -0.05) is 25.4 Å². The minimum atomic E-state index is 0.217. The zero-order valence-corrected chi connectivity index (χ0v) is 13.8. The van der Waals surface area contributed by atoms with Gasteiger partial charge in [0.1, 0.15) is 0 Å². The minimum Gasteiger partial charge on any atom is -0.374 e. The van der Waals surface area contributed by atoms with Crippen LogP contribution in [-0.4, -0.2) is 54.8 Å². The van der Waals surface area contributed by atoms with Crippen LogP contribution in [0.25, 0.3) is 0 Å². The summed E-state index contributed by atoms with van der Waals surface area (Å²) >= 11 is 6.26. The summed E-state index contributed by atoms with van der Waals surface area (Å²) in [6, 6.07) is 2.29. The van der Waals surface area contributed by atoms with E-state index in [0.29, 0.717) is 6.04 Å². The summed E-state index contributed by atoms with van der Waals surface area (Å²) in [6.45, 7) is 9.30. The Morgan fingerprint density at radius 3 is 3.10 bits per heavy atom. The lowest BCUT2D eigenvalue weighted by Gasteiger charge is -2.37. The summed E-state index contributed by atoms with van der Waals surface area (Å²) < 4.78 is 6.02. The lowest BCUT2D eigenvalue weighted by Crippen LogP contribution is -2.53. The number of nitrogens with one attached hydrogen (secondary N) is 1. The van der Waals surface area contributed by atoms with Crippen molar-refractivity contribution in [3.63, 3.8) is 0 Å². The molecule has 1 fully saturated rings. The molecule has 1 N–H and O–H groups in total. The number of likely N-dealkylation sites (N-methyl/N-ethyl adjacent to an activating group) is 1. The first kappa shape index (κ1) is 16.7. The molecule has 1 aliphatic rings. The van der Waals surface area contributed by atoms with Gasteiger partial charge in [-0.05, 0) is 37.6 Å². The Labute approximate surface area is 132 Å². The Balaban J connectivity index is 2.05. The number of morpholine rings is 1. The average molecular weight is 312 g/mol. The minimum absolute atomic E-state index is 0.217. The fourth-order valence-electron chi connectivity index (χ4n) is 2.73. The van der Waals surface area contributed by atoms with Crippen LogP contribution in [0.5, 0.6) is 0 Å². The molecule has 2 heterocycles. The van der Waals surface area contributed by atoms with E-state index in [9.17, 15) is 0 Å². The molecule has 2 unspecified atom stereocenters. The van der Waals surface area contributed by atoms with Gasteiger partial charge in [0, 0.05) is 31.5 Å². The highest BCUT2D eigenvalue weighted by atomic mass is 35.5. The van der Waals surface area contributed by atoms with Crippen LogP contribution in [0.1, 0.15) is 25.8 Å². The molecule has 21 heavy (non-hydrogen) atoms. The summed E-state index contributed by atoms with van der Waals surface area (Å²) in [4.78, 5) is 6.51. The highest BCUT2D eigenvalue weighted by molar-refractivity contribution is 6.31. The van der Waals surface area contributed by atoms with Crippen LogP contribution in [0.3, 0.4) is 0 Å². The molecular weight excluding hydrogens is 286 g/mol. The summed E-state index contributed by atoms with van der Waals surface area (Å²) in [6.07, 6.45) is 5.73. The van der Waals surface area contributed by atoms with Gasteiger partial charge in [-0.25, -0.2) is 0 Å². The van der Waals surface area contributed by atoms with Crippen molar-refractivity contribution in [2.45, 2.75) is 38.8 Å². The van der Waals surface area contributed by atoms with Crippen LogP contribution in [0.2, 0.25) is 5.02 Å². The quantitative estimate of drug-likeness (QED) is 0.839. The largest absolute Gasteiger partial charge is 0.374 e. The highest BCUT2D eigenvalue weighted by Gasteiger charge is 2.27. The van der Waals surface area contributed by atoms with Gasteiger partial charge in [-0.3, -0.25) is 9.88 Å². The van der Waals surface area contributed by atoms with Gasteiger partial charge < -0.3 is 10.1 Å². The number of ether oxygens (including phenoxy) is 1. The van der Waals surface area contributed by atoms with Gasteiger partial charge >= 0.3 is 0 Å². The monoisotopic (exact) mass is 311 g/mol. The second kappa shape index (κ2) is 8.69. The van der Waals surface area contributed by atoms with Gasteiger partial charge in [-0.2, -0.15) is 0 Å². The van der Waals surface area contributed by atoms with Crippen molar-refractivity contribution in [1.29, 1.82) is 0 Å². The fraction of sp³-hybridized carbons (Fsp3) is 0.688. The number of pyridine rings is 1. The summed E-state index contributed by atoms with van der Waals surface area (Å²) in [5, 5.41) is 4.37. The van der Waals surface area contributed by atoms with E-state index in [1.807, 2.05) is 6.07 Å². The molecule has 2 atom stereocenters. The zero-order valence-electron chi connectivity index (χ0n) is 13.0. The van der Waals surface area contributed by atoms with Crippen LogP contribution < -0.4 is 5.32 Å². The second-order valence-electron chi connectivity index (χ2n) is 5.53. The molecule has 5 heteroatoms. The Morgan fingerprint density at radius 2 is 2.38 bits per heavy atom. The molecule has 1 aromatic rings. The Hall–Kier alpha value is -0.680. The highest BCUT2D eigenvalue weighted by Crippen LogP contribution is 2.19. The molecule has 118 valence electrons. The van der Waals surface area contributed by atoms with Crippen LogP contribution in [0.4, 0.5) is 0 Å². The Morgan fingerprint density at radius 1 is 1.52 bits per heavy atom. The third-order valence-corrected chi connectivity index (χ3v) is 4.37. The normalized spacial score (nSPS) is 21.4. The average Bonchev–Trinajstić information content (AvgIpc) is 2.53. The number of halogens is 1. The number of nitrogens with zero attached hydrogens (tertiary/aromatic N) is 2. The third kappa shape index (κ3) is 4.92. The topological polar surface area (TPSA) is 37.4 Å². The molecule has 0 radical (unpaired) electrons. The molecule has 2 rings (SSSR count). The molecule has 0 spiro atoms. The van der Waals surface area contributed by atoms with E-state index < -0.39 is 0 Å². The SMILES string of the molecule is CCCNC(Cc1ccncc1Cl)C1CN(CC)CCO1. The van der Waals surface area contributed by atoms with Crippen molar-refractivity contribution in [1.82, 2.24) is 15.2 Å². The van der Waals surface area contributed by atoms with E-state index >= 15 is 0 Å². The summed E-state index contributed by atoms with van der Waals surface area (Å²) in [7, 11) is 0. The fourth-order valence-corrected chi connectivity index (χ4v) is 2.93. The molecule has 1 saturated heterocycles. The summed E-state index contributed by atoms with van der Waals surface area (Å²) in [5.74, 6) is 0. The van der Waals surface area contributed by atoms with Crippen LogP contribution in [-0.2, 0) is 11.2 Å². The number of rotatable bonds is 7. The molecule has 1 aromatic heterocycles. The lowest BCUT2D eigenvalue weighted by molar-refractivity contribution is -0.0447. The van der Waals surface area contributed by atoms with Crippen LogP contribution in [0, 0.1) is 0 Å². The summed E-state index contributed by atoms with van der Waals surface area (Å²) in [5.41, 5.74) is 1.14. The van der Waals surface area contributed by atoms with E-state index in [4.69, 9.17) is 16.3 Å². The molecule has 1 aliphatic heterocycles. The number of hydrogen-bond acceptors (Lipinski definition) is 4. The first-order valence-corrected chi connectivity index (χ1v) is 8.28. The van der Waals surface area contributed by atoms with Gasteiger partial charge in [0.2, 0.25) is 0 Å². The molecular formula is C16H26ClN3O. The Kier molecular flexibility index (Phi) is 6.90. The number of aromatic nitrogens is 1. The van der Waals surface area contributed by atoms with Crippen molar-refractivity contribution in [3.05, 3.63) is 29.0 Å². The first-order valence-electron chi connectivity index (χ1n) is 7.90. The van der Waals surface area contributed by atoms with E-state index in [1.165, 1.54) is 0 Å². The third-order valence-electron chi connectivity index (χ3n) is 4.03. The van der Waals surface area contributed by atoms with Gasteiger partial charge in [-0.15, -0.1) is 0 Å². The second-order valence-corrected chi connectivity index (χ2v) is 5.94. The molecule has 0 bridgehead atoms. The van der Waals surface area contributed by atoms with Gasteiger partial charge in [0.15, 0.2) is 0 Å². The lowest BCUT2D eigenvalue weighted by atomic mass is 10.0. The van der Waals surface area contributed by atoms with Gasteiger partial charge in [0.05, 0.1) is 17.7 Å². The molecule has 4 nitrogen and oxygen atoms in total. The van der Waals surface area contributed by atoms with Crippen LogP contribution in [0.15, 0.2) is 18.5 Å². The van der Waals surface area contributed by atoms with E-state index in [0.717, 1.165) is 56.2 Å². The van der Waals surface area contributed by atoms with Gasteiger partial charge in [0.25, 0.3) is 0 Å². The maximum Gasteiger partial charge on any atom is 0.0858 e. The van der Waals surface area contributed by atoms with E-state index in [2.05, 4.69) is 29.0 Å². The van der Waals surface area contributed by atoms with Crippen LogP contribution >= 0.6 is 11.6 Å². The van der Waals surface area contributed by atoms with Crippen molar-refractivity contribution in [2.24, 2.45) is 0 Å². The predicted octanol–water partition coefficient (Wildman–Crippen LogP) is 2.37. The van der Waals surface area contributed by atoms with Crippen molar-refractivity contribution in [2.75, 3.05) is 32.8 Å². The van der Waals surface area contributed by atoms with E-state index in [1.54, 1.807) is 12.4 Å². The molecule has 0 aliphatic carbocycles. The van der Waals surface area contributed by atoms with Crippen molar-refractivity contribution in [3.8, 4) is 0 Å². The van der Waals surface area contributed by atoms with E-state index in [-0.39, 0.29) is 6.10 Å². The maximum absolute atomic E-state index is 6.26. The molecule has 0 amide bonds. The standard InChI is InChI=1S/C16H26ClN3O/c1-3-6-19-15(10-13-5-7-18-11-14(13)17)16-12-20(4-2)8-9-21-16/h5,7,11,15-16,19H,3-4,6,8-10,12H2,1-2H3. The predicted molar refractivity (Wildman–Crippen MR) is 86.9 cm³/mol. The smallest absolute Gasteiger partial charge is 0.0858 e. The number of hydrogen-bond donors (Lipinski definition) is 1. The molecule has 0 aromatic carbocycles. The maximum atomic E-state index is 6.26. The Bertz CT molecular complexity index is 430. The van der Waals surface area contributed by atoms with Crippen molar-refractivity contribution < 1.29 is 4.74 Å². The zero-order chi connectivity index (χ0) is 15.1.